The fourth-order valence-corrected chi connectivity index (χ4v) is 4.31. The van der Waals surface area contributed by atoms with Gasteiger partial charge in [0.25, 0.3) is 0 Å². The van der Waals surface area contributed by atoms with Crippen molar-refractivity contribution in [1.82, 2.24) is 15.1 Å². The summed E-state index contributed by atoms with van der Waals surface area (Å²) in [7, 11) is 0. The molecular weight excluding hydrogens is 290 g/mol. The van der Waals surface area contributed by atoms with Crippen LogP contribution in [0.3, 0.4) is 0 Å². The molecule has 3 fully saturated rings. The molecule has 1 saturated carbocycles. The van der Waals surface area contributed by atoms with Gasteiger partial charge in [-0.2, -0.15) is 0 Å². The van der Waals surface area contributed by atoms with Gasteiger partial charge in [0.1, 0.15) is 6.04 Å². The zero-order chi connectivity index (χ0) is 16.1. The number of hydrogen-bond donors (Lipinski definition) is 1. The van der Waals surface area contributed by atoms with Gasteiger partial charge < -0.3 is 19.9 Å². The van der Waals surface area contributed by atoms with Crippen molar-refractivity contribution >= 4 is 5.91 Å². The largest absolute Gasteiger partial charge is 0.375 e. The Morgan fingerprint density at radius 1 is 1.09 bits per heavy atom. The van der Waals surface area contributed by atoms with E-state index in [1.54, 1.807) is 0 Å². The van der Waals surface area contributed by atoms with E-state index in [1.807, 2.05) is 6.92 Å². The van der Waals surface area contributed by atoms with E-state index in [0.717, 1.165) is 45.1 Å². The van der Waals surface area contributed by atoms with Crippen LogP contribution in [0.15, 0.2) is 0 Å². The van der Waals surface area contributed by atoms with Gasteiger partial charge in [0.15, 0.2) is 0 Å². The van der Waals surface area contributed by atoms with Crippen LogP contribution < -0.4 is 5.32 Å². The van der Waals surface area contributed by atoms with Crippen LogP contribution in [0.4, 0.5) is 0 Å². The predicted molar refractivity (Wildman–Crippen MR) is 91.4 cm³/mol. The third kappa shape index (κ3) is 4.68. The molecule has 0 aromatic heterocycles. The average molecular weight is 323 g/mol. The van der Waals surface area contributed by atoms with Crippen molar-refractivity contribution in [2.45, 2.75) is 57.6 Å². The molecule has 1 N–H and O–H groups in total. The summed E-state index contributed by atoms with van der Waals surface area (Å²) in [5.74, 6) is 1.12. The third-order valence-electron chi connectivity index (χ3n) is 5.72. The van der Waals surface area contributed by atoms with Gasteiger partial charge in [-0.05, 0) is 38.6 Å². The van der Waals surface area contributed by atoms with Gasteiger partial charge in [-0.3, -0.25) is 4.79 Å². The number of amides is 1. The Hall–Kier alpha value is -0.650. The first-order chi connectivity index (χ1) is 11.2. The Labute approximate surface area is 140 Å². The first-order valence-electron chi connectivity index (χ1n) is 9.60. The van der Waals surface area contributed by atoms with Gasteiger partial charge in [0, 0.05) is 32.7 Å². The standard InChI is InChI=1S/C18H33N3O2/c1-15-17(19-8-13-23-15)18(22)21-10-5-9-20(11-12-21)14-16-6-3-2-4-7-16/h15-17,19H,2-14H2,1H3/t15-,17+/m1/s1. The van der Waals surface area contributed by atoms with Gasteiger partial charge in [-0.15, -0.1) is 0 Å². The highest BCUT2D eigenvalue weighted by atomic mass is 16.5. The minimum absolute atomic E-state index is 0.0159. The quantitative estimate of drug-likeness (QED) is 0.854. The van der Waals surface area contributed by atoms with Gasteiger partial charge >= 0.3 is 0 Å². The molecule has 0 spiro atoms. The number of carbonyl (C=O) groups is 1. The molecule has 2 heterocycles. The molecule has 0 radical (unpaired) electrons. The van der Waals surface area contributed by atoms with Crippen LogP contribution >= 0.6 is 0 Å². The molecule has 0 unspecified atom stereocenters. The molecule has 23 heavy (non-hydrogen) atoms. The molecule has 2 aliphatic heterocycles. The maximum absolute atomic E-state index is 12.8. The van der Waals surface area contributed by atoms with E-state index in [2.05, 4.69) is 15.1 Å². The number of ether oxygens (including phenoxy) is 1. The lowest BCUT2D eigenvalue weighted by atomic mass is 9.89. The van der Waals surface area contributed by atoms with Crippen molar-refractivity contribution in [3.05, 3.63) is 0 Å². The fraction of sp³-hybridized carbons (Fsp3) is 0.944. The highest BCUT2D eigenvalue weighted by molar-refractivity contribution is 5.82. The van der Waals surface area contributed by atoms with Gasteiger partial charge in [-0.25, -0.2) is 0 Å². The average Bonchev–Trinajstić information content (AvgIpc) is 2.81. The zero-order valence-electron chi connectivity index (χ0n) is 14.6. The maximum Gasteiger partial charge on any atom is 0.242 e. The summed E-state index contributed by atoms with van der Waals surface area (Å²) in [5, 5.41) is 3.33. The Morgan fingerprint density at radius 3 is 2.70 bits per heavy atom. The summed E-state index contributed by atoms with van der Waals surface area (Å²) in [5.41, 5.74) is 0. The third-order valence-corrected chi connectivity index (χ3v) is 5.72. The lowest BCUT2D eigenvalue weighted by molar-refractivity contribution is -0.139. The molecule has 2 saturated heterocycles. The molecule has 132 valence electrons. The van der Waals surface area contributed by atoms with E-state index in [1.165, 1.54) is 38.6 Å². The highest BCUT2D eigenvalue weighted by Crippen LogP contribution is 2.24. The summed E-state index contributed by atoms with van der Waals surface area (Å²) < 4.78 is 5.63. The molecule has 0 aromatic rings. The molecule has 3 rings (SSSR count). The maximum atomic E-state index is 12.8. The van der Waals surface area contributed by atoms with Crippen LogP contribution in [-0.4, -0.2) is 73.7 Å². The molecule has 3 aliphatic rings. The number of morpholine rings is 1. The Balaban J connectivity index is 1.48. The van der Waals surface area contributed by atoms with E-state index in [9.17, 15) is 4.79 Å². The number of hydrogen-bond acceptors (Lipinski definition) is 4. The number of rotatable bonds is 3. The lowest BCUT2D eigenvalue weighted by Crippen LogP contribution is -2.56. The Bertz CT molecular complexity index is 384. The van der Waals surface area contributed by atoms with Crippen molar-refractivity contribution in [3.63, 3.8) is 0 Å². The summed E-state index contributed by atoms with van der Waals surface area (Å²) in [6, 6.07) is -0.159. The predicted octanol–water partition coefficient (Wildman–Crippen LogP) is 1.48. The van der Waals surface area contributed by atoms with Crippen LogP contribution in [-0.2, 0) is 9.53 Å². The van der Waals surface area contributed by atoms with Crippen LogP contribution in [0.5, 0.6) is 0 Å². The monoisotopic (exact) mass is 323 g/mol. The van der Waals surface area contributed by atoms with Gasteiger partial charge in [-0.1, -0.05) is 19.3 Å². The second-order valence-electron chi connectivity index (χ2n) is 7.49. The van der Waals surface area contributed by atoms with Gasteiger partial charge in [0.05, 0.1) is 12.7 Å². The fourth-order valence-electron chi connectivity index (χ4n) is 4.31. The highest BCUT2D eigenvalue weighted by Gasteiger charge is 2.32. The van der Waals surface area contributed by atoms with Crippen molar-refractivity contribution in [3.8, 4) is 0 Å². The molecular formula is C18H33N3O2. The topological polar surface area (TPSA) is 44.8 Å². The normalized spacial score (nSPS) is 31.8. The number of nitrogens with one attached hydrogen (secondary N) is 1. The second-order valence-corrected chi connectivity index (χ2v) is 7.49. The summed E-state index contributed by atoms with van der Waals surface area (Å²) in [6.07, 6.45) is 8.13. The molecule has 0 aromatic carbocycles. The summed E-state index contributed by atoms with van der Waals surface area (Å²) in [4.78, 5) is 17.4. The minimum Gasteiger partial charge on any atom is -0.375 e. The molecule has 5 heteroatoms. The minimum atomic E-state index is -0.159. The SMILES string of the molecule is C[C@H]1OCCN[C@@H]1C(=O)N1CCCN(CC2CCCCC2)CC1. The summed E-state index contributed by atoms with van der Waals surface area (Å²) in [6.45, 7) is 8.67. The van der Waals surface area contributed by atoms with E-state index in [-0.39, 0.29) is 18.1 Å². The van der Waals surface area contributed by atoms with Crippen molar-refractivity contribution in [2.75, 3.05) is 45.9 Å². The van der Waals surface area contributed by atoms with Crippen LogP contribution in [0.25, 0.3) is 0 Å². The van der Waals surface area contributed by atoms with E-state index in [0.29, 0.717) is 6.61 Å². The molecule has 5 nitrogen and oxygen atoms in total. The summed E-state index contributed by atoms with van der Waals surface area (Å²) >= 11 is 0. The van der Waals surface area contributed by atoms with Crippen molar-refractivity contribution < 1.29 is 9.53 Å². The van der Waals surface area contributed by atoms with E-state index in [4.69, 9.17) is 4.74 Å². The van der Waals surface area contributed by atoms with Crippen LogP contribution in [0.2, 0.25) is 0 Å². The van der Waals surface area contributed by atoms with Crippen LogP contribution in [0.1, 0.15) is 45.4 Å². The zero-order valence-corrected chi connectivity index (χ0v) is 14.6. The molecule has 2 atom stereocenters. The smallest absolute Gasteiger partial charge is 0.242 e. The second kappa shape index (κ2) is 8.45. The van der Waals surface area contributed by atoms with Crippen molar-refractivity contribution in [1.29, 1.82) is 0 Å². The first-order valence-corrected chi connectivity index (χ1v) is 9.60. The molecule has 1 amide bonds. The van der Waals surface area contributed by atoms with Gasteiger partial charge in [0.2, 0.25) is 5.91 Å². The molecule has 1 aliphatic carbocycles. The first kappa shape index (κ1) is 17.2. The molecule has 0 bridgehead atoms. The van der Waals surface area contributed by atoms with E-state index >= 15 is 0 Å². The lowest BCUT2D eigenvalue weighted by Gasteiger charge is -2.33. The number of carbonyl (C=O) groups excluding carboxylic acids is 1. The van der Waals surface area contributed by atoms with Crippen molar-refractivity contribution in [2.24, 2.45) is 5.92 Å². The Morgan fingerprint density at radius 2 is 1.91 bits per heavy atom. The number of nitrogens with zero attached hydrogens (tertiary/aromatic N) is 2. The van der Waals surface area contributed by atoms with E-state index < -0.39 is 0 Å². The van der Waals surface area contributed by atoms with Crippen LogP contribution in [0, 0.1) is 5.92 Å². The Kier molecular flexibility index (Phi) is 6.31.